The fourth-order valence-corrected chi connectivity index (χ4v) is 3.73. The fourth-order valence-electron chi connectivity index (χ4n) is 2.50. The molecule has 0 bridgehead atoms. The highest BCUT2D eigenvalue weighted by Crippen LogP contribution is 2.30. The minimum atomic E-state index is -1.36. The molecule has 28 heavy (non-hydrogen) atoms. The van der Waals surface area contributed by atoms with Gasteiger partial charge in [-0.3, -0.25) is 14.0 Å². The highest BCUT2D eigenvalue weighted by atomic mass is 32.2. The highest BCUT2D eigenvalue weighted by Gasteiger charge is 2.38. The van der Waals surface area contributed by atoms with Gasteiger partial charge in [-0.15, -0.1) is 0 Å². The number of hydrogen-bond acceptors (Lipinski definition) is 7. The summed E-state index contributed by atoms with van der Waals surface area (Å²) in [6.07, 6.45) is 1.27. The summed E-state index contributed by atoms with van der Waals surface area (Å²) in [7, 11) is -1.36. The van der Waals surface area contributed by atoms with Crippen molar-refractivity contribution in [3.8, 4) is 6.07 Å². The molecule has 10 heteroatoms. The van der Waals surface area contributed by atoms with E-state index in [4.69, 9.17) is 11.0 Å². The van der Waals surface area contributed by atoms with Crippen LogP contribution in [0.1, 0.15) is 41.6 Å². The van der Waals surface area contributed by atoms with Gasteiger partial charge in [0.05, 0.1) is 16.1 Å². The lowest BCUT2D eigenvalue weighted by molar-refractivity contribution is 0.102. The lowest BCUT2D eigenvalue weighted by Crippen LogP contribution is -2.47. The molecule has 2 aromatic rings. The monoisotopic (exact) mass is 400 g/mol. The summed E-state index contributed by atoms with van der Waals surface area (Å²) in [5, 5.41) is 11.3. The van der Waals surface area contributed by atoms with E-state index in [0.717, 1.165) is 6.07 Å². The normalized spacial score (nSPS) is 20.7. The number of aromatic nitrogens is 2. The Hall–Kier alpha value is -3.19. The third kappa shape index (κ3) is 3.75. The van der Waals surface area contributed by atoms with Crippen molar-refractivity contribution in [1.29, 1.82) is 5.26 Å². The Morgan fingerprint density at radius 2 is 2.14 bits per heavy atom. The first kappa shape index (κ1) is 19.6. The van der Waals surface area contributed by atoms with Crippen LogP contribution in [0.3, 0.4) is 0 Å². The lowest BCUT2D eigenvalue weighted by atomic mass is 10.1. The number of carbonyl (C=O) groups excluding carboxylic acids is 1. The van der Waals surface area contributed by atoms with Crippen LogP contribution in [0.4, 0.5) is 10.2 Å². The minimum Gasteiger partial charge on any atom is -0.386 e. The summed E-state index contributed by atoms with van der Waals surface area (Å²) in [4.78, 5) is 24.6. The Kier molecular flexibility index (Phi) is 5.20. The number of halogens is 1. The zero-order valence-electron chi connectivity index (χ0n) is 15.1. The summed E-state index contributed by atoms with van der Waals surface area (Å²) >= 11 is 0. The van der Waals surface area contributed by atoms with Gasteiger partial charge in [-0.2, -0.15) is 5.26 Å². The molecule has 0 spiro atoms. The quantitative estimate of drug-likeness (QED) is 0.805. The van der Waals surface area contributed by atoms with Gasteiger partial charge in [-0.05, 0) is 38.1 Å². The molecule has 2 atom stereocenters. The van der Waals surface area contributed by atoms with Crippen LogP contribution in [0.2, 0.25) is 0 Å². The molecular weight excluding hydrogens is 383 g/mol. The van der Waals surface area contributed by atoms with Crippen LogP contribution in [-0.2, 0) is 10.8 Å². The van der Waals surface area contributed by atoms with E-state index in [1.54, 1.807) is 13.8 Å². The second-order valence-corrected chi connectivity index (χ2v) is 8.66. The SMILES string of the molecule is CC1(C)C(N)=NC(c2nc(NC(=O)c3ccc(C#N)cn3)ccc2F)CS1=O. The van der Waals surface area contributed by atoms with E-state index < -0.39 is 33.3 Å². The van der Waals surface area contributed by atoms with Crippen molar-refractivity contribution in [1.82, 2.24) is 9.97 Å². The van der Waals surface area contributed by atoms with Gasteiger partial charge in [0, 0.05) is 17.0 Å². The molecule has 8 nitrogen and oxygen atoms in total. The third-order valence-corrected chi connectivity index (χ3v) is 6.31. The molecule has 2 unspecified atom stereocenters. The predicted octanol–water partition coefficient (Wildman–Crippen LogP) is 1.68. The largest absolute Gasteiger partial charge is 0.386 e. The van der Waals surface area contributed by atoms with Gasteiger partial charge in [0.15, 0.2) is 0 Å². The molecular formula is C18H17FN6O2S. The van der Waals surface area contributed by atoms with Crippen molar-refractivity contribution in [2.24, 2.45) is 10.7 Å². The standard InChI is InChI=1S/C18H17FN6O2S/c1-18(2)17(21)23-13(9-28(18)27)15-11(19)4-6-14(24-15)25-16(26)12-5-3-10(7-20)8-22-12/h3-6,8,13H,9H2,1-2H3,(H2,21,23)(H,24,25,26). The maximum atomic E-state index is 14.3. The van der Waals surface area contributed by atoms with E-state index in [-0.39, 0.29) is 28.8 Å². The number of pyridine rings is 2. The smallest absolute Gasteiger partial charge is 0.275 e. The average Bonchev–Trinajstić information content (AvgIpc) is 2.67. The van der Waals surface area contributed by atoms with E-state index in [0.29, 0.717) is 5.56 Å². The zero-order valence-corrected chi connectivity index (χ0v) is 16.0. The first-order valence-corrected chi connectivity index (χ1v) is 9.60. The van der Waals surface area contributed by atoms with Crippen LogP contribution >= 0.6 is 0 Å². The van der Waals surface area contributed by atoms with E-state index in [1.807, 2.05) is 6.07 Å². The second kappa shape index (κ2) is 7.44. The van der Waals surface area contributed by atoms with Crippen molar-refractivity contribution in [2.75, 3.05) is 11.1 Å². The molecule has 3 N–H and O–H groups in total. The Morgan fingerprint density at radius 3 is 2.75 bits per heavy atom. The predicted molar refractivity (Wildman–Crippen MR) is 103 cm³/mol. The Bertz CT molecular complexity index is 1030. The van der Waals surface area contributed by atoms with E-state index in [9.17, 15) is 13.4 Å². The topological polar surface area (TPSA) is 134 Å². The van der Waals surface area contributed by atoms with Gasteiger partial charge in [0.2, 0.25) is 0 Å². The molecule has 0 radical (unpaired) electrons. The van der Waals surface area contributed by atoms with Crippen molar-refractivity contribution in [2.45, 2.75) is 24.6 Å². The molecule has 0 aliphatic carbocycles. The highest BCUT2D eigenvalue weighted by molar-refractivity contribution is 7.87. The van der Waals surface area contributed by atoms with Crippen molar-refractivity contribution in [3.63, 3.8) is 0 Å². The molecule has 3 rings (SSSR count). The Morgan fingerprint density at radius 1 is 1.39 bits per heavy atom. The summed E-state index contributed by atoms with van der Waals surface area (Å²) in [6, 6.07) is 6.42. The molecule has 1 aliphatic heterocycles. The number of nitriles is 1. The number of nitrogens with one attached hydrogen (secondary N) is 1. The number of carbonyl (C=O) groups is 1. The molecule has 2 aromatic heterocycles. The number of nitrogens with two attached hydrogens (primary N) is 1. The van der Waals surface area contributed by atoms with Gasteiger partial charge >= 0.3 is 0 Å². The summed E-state index contributed by atoms with van der Waals surface area (Å²) in [5.74, 6) is -0.859. The molecule has 0 saturated carbocycles. The van der Waals surface area contributed by atoms with Crippen LogP contribution in [0.15, 0.2) is 35.5 Å². The first-order valence-electron chi connectivity index (χ1n) is 8.28. The minimum absolute atomic E-state index is 0.0441. The van der Waals surface area contributed by atoms with Crippen molar-refractivity contribution in [3.05, 3.63) is 53.2 Å². The number of aliphatic imine (C=N–C) groups is 1. The molecule has 1 aliphatic rings. The zero-order chi connectivity index (χ0) is 20.5. The molecule has 3 heterocycles. The number of nitrogens with zero attached hydrogens (tertiary/aromatic N) is 4. The third-order valence-electron chi connectivity index (χ3n) is 4.35. The molecule has 144 valence electrons. The van der Waals surface area contributed by atoms with Crippen LogP contribution in [0, 0.1) is 17.1 Å². The molecule has 0 fully saturated rings. The summed E-state index contributed by atoms with van der Waals surface area (Å²) in [6.45, 7) is 3.42. The fraction of sp³-hybridized carbons (Fsp3) is 0.278. The van der Waals surface area contributed by atoms with Crippen LogP contribution < -0.4 is 11.1 Å². The van der Waals surface area contributed by atoms with E-state index in [2.05, 4.69) is 20.3 Å². The van der Waals surface area contributed by atoms with Gasteiger partial charge in [-0.1, -0.05) is 0 Å². The summed E-state index contributed by atoms with van der Waals surface area (Å²) < 4.78 is 25.9. The number of amides is 1. The van der Waals surface area contributed by atoms with Gasteiger partial charge in [0.25, 0.3) is 5.91 Å². The van der Waals surface area contributed by atoms with Crippen LogP contribution in [-0.4, -0.2) is 36.4 Å². The maximum absolute atomic E-state index is 14.3. The van der Waals surface area contributed by atoms with Crippen LogP contribution in [0.25, 0.3) is 0 Å². The van der Waals surface area contributed by atoms with Crippen molar-refractivity contribution >= 4 is 28.4 Å². The van der Waals surface area contributed by atoms with E-state index >= 15 is 0 Å². The lowest BCUT2D eigenvalue weighted by Gasteiger charge is -2.30. The van der Waals surface area contributed by atoms with Gasteiger partial charge in [0.1, 0.15) is 41.0 Å². The van der Waals surface area contributed by atoms with Crippen LogP contribution in [0.5, 0.6) is 0 Å². The molecule has 0 aromatic carbocycles. The maximum Gasteiger partial charge on any atom is 0.275 e. The first-order chi connectivity index (χ1) is 13.2. The van der Waals surface area contributed by atoms with Gasteiger partial charge < -0.3 is 11.1 Å². The number of rotatable bonds is 3. The average molecular weight is 400 g/mol. The molecule has 0 saturated heterocycles. The Balaban J connectivity index is 1.86. The number of amidine groups is 1. The second-order valence-electron chi connectivity index (χ2n) is 6.61. The summed E-state index contributed by atoms with van der Waals surface area (Å²) in [5.41, 5.74) is 6.26. The Labute approximate surface area is 163 Å². The number of hydrogen-bond donors (Lipinski definition) is 2. The molecule has 1 amide bonds. The van der Waals surface area contributed by atoms with E-state index in [1.165, 1.54) is 24.4 Å². The van der Waals surface area contributed by atoms with Crippen molar-refractivity contribution < 1.29 is 13.4 Å². The van der Waals surface area contributed by atoms with Gasteiger partial charge in [-0.25, -0.2) is 14.4 Å². The number of anilines is 1.